The van der Waals surface area contributed by atoms with Crippen molar-refractivity contribution in [1.82, 2.24) is 87.2 Å². The Morgan fingerprint density at radius 2 is 0.684 bits per heavy atom. The van der Waals surface area contributed by atoms with Crippen LogP contribution in [0.3, 0.4) is 0 Å². The van der Waals surface area contributed by atoms with E-state index in [-0.39, 0.29) is 129 Å². The molecule has 16 N–H and O–H groups in total. The highest BCUT2D eigenvalue weighted by atomic mass is 31.2. The fraction of sp³-hybridized carbons (Fsp3) is 0.524. The van der Waals surface area contributed by atoms with Gasteiger partial charge in [0.25, 0.3) is 11.1 Å². The highest BCUT2D eigenvalue weighted by Crippen LogP contribution is 2.60. The third-order valence-corrected chi connectivity index (χ3v) is 28.0. The Kier molecular flexibility index (Phi) is 24.5. The molecule has 29 atom stereocenters. The summed E-state index contributed by atoms with van der Waals surface area (Å²) in [5.74, 6) is -1.68. The summed E-state index contributed by atoms with van der Waals surface area (Å²) in [6, 6.07) is 0. The number of carbonyl (C=O) groups is 3. The van der Waals surface area contributed by atoms with Gasteiger partial charge in [-0.25, -0.2) is 95.4 Å². The second kappa shape index (κ2) is 35.2. The summed E-state index contributed by atoms with van der Waals surface area (Å²) in [7, 11) is -30.5. The van der Waals surface area contributed by atoms with Gasteiger partial charge in [-0.3, -0.25) is 116 Å². The Labute approximate surface area is 734 Å². The number of nitrogens with one attached hydrogen (secondary N) is 2. The zero-order valence-electron chi connectivity index (χ0n) is 66.6. The molecule has 12 aliphatic rings. The highest BCUT2D eigenvalue weighted by Gasteiger charge is 2.60. The molecule has 61 nitrogen and oxygen atoms in total. The molecular formula is C63H69F3N24O37P6. The first-order valence-corrected chi connectivity index (χ1v) is 48.0. The maximum absolute atomic E-state index is 15.9. The first-order valence-electron chi connectivity index (χ1n) is 39.0. The molecule has 9 aromatic heterocycles. The largest absolute Gasteiger partial charge is 0.472 e. The molecule has 21 rings (SSSR count). The zero-order chi connectivity index (χ0) is 93.8. The number of aliphatic hydroxyl groups is 2. The molecule has 9 saturated heterocycles. The van der Waals surface area contributed by atoms with Crippen molar-refractivity contribution in [3.8, 4) is 0 Å². The van der Waals surface area contributed by atoms with E-state index in [0.717, 1.165) is 49.9 Å². The minimum Gasteiger partial charge on any atom is -0.387 e. The summed E-state index contributed by atoms with van der Waals surface area (Å²) in [5.41, 5.74) is 15.5. The van der Waals surface area contributed by atoms with Gasteiger partial charge in [-0.2, -0.15) is 9.97 Å². The van der Waals surface area contributed by atoms with Crippen LogP contribution in [0.15, 0.2) is 68.9 Å². The molecule has 0 aliphatic carbocycles. The van der Waals surface area contributed by atoms with E-state index in [1.165, 1.54) is 40.4 Å². The van der Waals surface area contributed by atoms with E-state index in [0.29, 0.717) is 0 Å². The molecule has 6 bridgehead atoms. The number of anilines is 3. The van der Waals surface area contributed by atoms with Gasteiger partial charge in [-0.05, 0) is 0 Å². The van der Waals surface area contributed by atoms with Crippen molar-refractivity contribution < 1.29 is 177 Å². The molecule has 6 unspecified atom stereocenters. The molecule has 12 aliphatic heterocycles. The average molecular weight is 2000 g/mol. The Morgan fingerprint density at radius 1 is 0.361 bits per heavy atom. The monoisotopic (exact) mass is 2000 g/mol. The number of fused-ring (bicyclic) bond motifs is 15. The minimum absolute atomic E-state index is 0.0000917. The smallest absolute Gasteiger partial charge is 0.387 e. The van der Waals surface area contributed by atoms with Crippen molar-refractivity contribution in [3.05, 3.63) is 82.1 Å². The number of aromatic nitrogens is 18. The standard InChI is InChI=1S/C21H23FN8O13P2.2C21H23FN8O12P2/c22-10-14-9(41-19(10)29-5-25-11-7(31)1-2-24-16(11)29)4-39-45(36,37)43-15-13(32)8(3-38-44(34,35)42-14)40-20(15)30-6-26-12-17(30)27-21(23)28-18(12)33;22-12-15-11(40-20(12)29-6-25-13-9(31)1-2-24-16(13)29)5-38-43(33,34)41-10-3-8(4-37-44(35,36)42-15)39-19(10)30-7-26-14-17(30)27-21(23)28-18(14)32;22-11-15-10(40-20(11)29-6-27-12-8(31)1-2-24-18(12)29)4-38-44(35,36)42-16-14(32)9(3-37-43(33,34)41-15)39-21(16)30-7-28-13-17(23)25-5-26-19(13)30/h2,5-6,8-10,13-15,19-20,32H,1,3-4H2,(H,34,35)(H,36,37)(H3,23,27,28,33);2,6-8,10-12,15,19-20H,1,3-5H2,(H,33,34)(H,35,36)(H3,23,27,28,32);2,5-7,9-11,14-16,20-21,32H,1,3-4H2,(H,33,34)(H,35,36)(H2,23,25,26)/t8-,9-,10-,13-,14-,15-,19-,20-;8-,10+,11+,12+,15+,19+,20+;9-,10-,11-,14-,15-,16-,20-,21-/m101/s1. The molecule has 9 aromatic rings. The average Bonchev–Trinajstić information content (AvgIpc) is 1.61. The van der Waals surface area contributed by atoms with Gasteiger partial charge in [-0.15, -0.1) is 0 Å². The lowest BCUT2D eigenvalue weighted by molar-refractivity contribution is -0.0673. The molecule has 21 heterocycles. The van der Waals surface area contributed by atoms with Crippen LogP contribution in [0.1, 0.15) is 94.5 Å². The van der Waals surface area contributed by atoms with E-state index in [2.05, 4.69) is 74.8 Å². The number of hydrogen-bond donors (Lipinski definition) is 13. The van der Waals surface area contributed by atoms with Crippen LogP contribution in [0.4, 0.5) is 48.3 Å². The van der Waals surface area contributed by atoms with Gasteiger partial charge in [0.05, 0.1) is 83.7 Å². The van der Waals surface area contributed by atoms with Crippen LogP contribution in [0.5, 0.6) is 0 Å². The van der Waals surface area contributed by atoms with Crippen LogP contribution in [-0.2, 0) is 110 Å². The summed E-state index contributed by atoms with van der Waals surface area (Å²) >= 11 is 0. The maximum Gasteiger partial charge on any atom is 0.472 e. The van der Waals surface area contributed by atoms with Gasteiger partial charge in [0.15, 0.2) is 142 Å². The first-order chi connectivity index (χ1) is 63.1. The van der Waals surface area contributed by atoms with E-state index < -0.39 is 239 Å². The Hall–Kier alpha value is -9.57. The number of imidazole rings is 6. The number of rotatable bonds is 6. The van der Waals surface area contributed by atoms with Crippen molar-refractivity contribution in [3.63, 3.8) is 0 Å². The van der Waals surface area contributed by atoms with Gasteiger partial charge in [0.2, 0.25) is 11.9 Å². The maximum atomic E-state index is 15.9. The molecule has 133 heavy (non-hydrogen) atoms. The van der Waals surface area contributed by atoms with Crippen molar-refractivity contribution in [2.45, 2.75) is 167 Å². The topological polar surface area (TPSA) is 821 Å². The number of halogens is 3. The number of alkyl halides is 3. The molecule has 70 heteroatoms. The molecule has 9 fully saturated rings. The number of nitrogens with two attached hydrogens (primary N) is 3. The molecule has 0 saturated carbocycles. The van der Waals surface area contributed by atoms with Crippen LogP contribution in [0, 0.1) is 0 Å². The number of nitrogen functional groups attached to an aromatic ring is 3. The Morgan fingerprint density at radius 3 is 1.08 bits per heavy atom. The number of H-pyrrole nitrogens is 2. The molecule has 0 spiro atoms. The van der Waals surface area contributed by atoms with Crippen molar-refractivity contribution in [2.75, 3.05) is 56.8 Å². The number of phosphoric acid groups is 6. The summed E-state index contributed by atoms with van der Waals surface area (Å²) in [5, 5.41) is 21.9. The predicted octanol–water partition coefficient (Wildman–Crippen LogP) is -0.0671. The van der Waals surface area contributed by atoms with Gasteiger partial charge >= 0.3 is 46.9 Å². The quantitative estimate of drug-likeness (QED) is 0.0969. The Bertz CT molecular complexity index is 6680. The zero-order valence-corrected chi connectivity index (χ0v) is 72.0. The number of nitrogens with zero attached hydrogens (tertiary/aromatic N) is 19. The van der Waals surface area contributed by atoms with Crippen molar-refractivity contribution >= 4 is 152 Å². The van der Waals surface area contributed by atoms with Crippen molar-refractivity contribution in [1.29, 1.82) is 0 Å². The number of ketones is 3. The predicted molar refractivity (Wildman–Crippen MR) is 422 cm³/mol. The number of Topliss-reactive ketones (excluding diaryl/α,β-unsaturated/α-hetero) is 3. The molecule has 0 radical (unpaired) electrons. The van der Waals surface area contributed by atoms with E-state index in [4.69, 9.17) is 99.9 Å². The van der Waals surface area contributed by atoms with Crippen LogP contribution < -0.4 is 28.3 Å². The van der Waals surface area contributed by atoms with Gasteiger partial charge in [0.1, 0.15) is 91.2 Å². The lowest BCUT2D eigenvalue weighted by Crippen LogP contribution is -2.35. The van der Waals surface area contributed by atoms with E-state index in [1.807, 2.05) is 0 Å². The van der Waals surface area contributed by atoms with Crippen LogP contribution in [0.25, 0.3) is 33.5 Å². The van der Waals surface area contributed by atoms with Gasteiger partial charge in [0, 0.05) is 44.3 Å². The third-order valence-electron chi connectivity index (χ3n) is 22.0. The Balaban J connectivity index is 0.000000129. The number of hydrogen-bond acceptors (Lipinski definition) is 47. The van der Waals surface area contributed by atoms with Crippen molar-refractivity contribution in [2.24, 2.45) is 15.0 Å². The number of aliphatic imine (C=N–C) groups is 3. The summed E-state index contributed by atoms with van der Waals surface area (Å²) in [4.78, 5) is 181. The first kappa shape index (κ1) is 92.5. The van der Waals surface area contributed by atoms with Crippen LogP contribution in [0.2, 0.25) is 0 Å². The SMILES string of the molecule is Nc1nc2c(ncn2[C@@H]2O[C@@H]3COP(=O)(O)O[C@H]4[C@@H](F)[C@H](n5cnc6c5N=CCC6=O)O[C@@H]4COP(=O)(O)O[C@@H]2C3)c(=O)[nH]1.Nc1nc2c(ncn2[C@@H]2O[C@@H]3COP(=O)(O)O[C@H]4[C@@H](F)[C@H](n5cnc6c5N=CCC6=O)O[C@@H]4COP(=O)(O)O[C@@H]2[C@@H]3O)c(=O)[nH]1.Nc1ncnc2c1ncn2[C@@H]1O[C@@H]2COP(=O)(O)O[C@H]3[C@@H](F)[C@H](n4cnc5c4N=CCC5=O)O[C@@H]3COP(=O)(O)O[C@@H]1[C@@H]2O. The lowest BCUT2D eigenvalue weighted by atomic mass is 10.1. The molecule has 0 aromatic carbocycles. The minimum atomic E-state index is -5.17. The number of ether oxygens (including phenoxy) is 6. The normalized spacial score (nSPS) is 38.6. The van der Waals surface area contributed by atoms with E-state index in [9.17, 15) is 90.9 Å². The second-order valence-corrected chi connectivity index (χ2v) is 39.0. The van der Waals surface area contributed by atoms with Crippen LogP contribution in [-0.4, -0.2) is 306 Å². The second-order valence-electron chi connectivity index (χ2n) is 30.5. The summed E-state index contributed by atoms with van der Waals surface area (Å²) < 4.78 is 229. The molecule has 714 valence electrons. The molecule has 0 amide bonds. The summed E-state index contributed by atoms with van der Waals surface area (Å²) in [6.07, 6.45) is -26.6. The number of phosphoric ester groups is 6. The van der Waals surface area contributed by atoms with Gasteiger partial charge in [-0.1, -0.05) is 0 Å². The number of carbonyl (C=O) groups excluding carboxylic acids is 3. The summed E-state index contributed by atoms with van der Waals surface area (Å²) in [6.45, 7) is -4.96. The van der Waals surface area contributed by atoms with Gasteiger partial charge < -0.3 is 85.2 Å². The lowest BCUT2D eigenvalue weighted by Gasteiger charge is -2.25. The highest BCUT2D eigenvalue weighted by molar-refractivity contribution is 7.48. The van der Waals surface area contributed by atoms with E-state index >= 15 is 13.2 Å². The number of aromatic amines is 2. The van der Waals surface area contributed by atoms with Crippen LogP contribution >= 0.6 is 46.9 Å². The fourth-order valence-corrected chi connectivity index (χ4v) is 21.7. The molecular weight excluding hydrogens is 1930 g/mol. The van der Waals surface area contributed by atoms with E-state index in [1.54, 1.807) is 0 Å². The number of aliphatic hydroxyl groups excluding tert-OH is 2. The third kappa shape index (κ3) is 18.0. The fourth-order valence-electron chi connectivity index (χ4n) is 16.1.